The fourth-order valence-corrected chi connectivity index (χ4v) is 4.69. The van der Waals surface area contributed by atoms with Gasteiger partial charge in [0.1, 0.15) is 23.1 Å². The van der Waals surface area contributed by atoms with E-state index in [1.165, 1.54) is 45.1 Å². The van der Waals surface area contributed by atoms with Gasteiger partial charge in [-0.25, -0.2) is 17.6 Å². The number of carbonyl (C=O) groups excluding carboxylic acids is 1. The smallest absolute Gasteiger partial charge is 0.152 e. The molecule has 0 bridgehead atoms. The average molecular weight is 458 g/mol. The van der Waals surface area contributed by atoms with Crippen molar-refractivity contribution >= 4 is 22.8 Å². The van der Waals surface area contributed by atoms with Crippen LogP contribution in [0.2, 0.25) is 0 Å². The van der Waals surface area contributed by atoms with E-state index in [9.17, 15) is 13.6 Å². The van der Waals surface area contributed by atoms with Gasteiger partial charge in [-0.05, 0) is 81.7 Å². The van der Waals surface area contributed by atoms with Gasteiger partial charge < -0.3 is 4.98 Å². The van der Waals surface area contributed by atoms with E-state index in [0.29, 0.717) is 23.0 Å². The number of carbonyl (C=O) groups is 1. The van der Waals surface area contributed by atoms with Crippen molar-refractivity contribution in [2.45, 2.75) is 51.9 Å². The topological polar surface area (TPSA) is 36.1 Å². The number of alkyl halides is 1. The summed E-state index contributed by atoms with van der Waals surface area (Å²) < 4.78 is 59.6. The summed E-state index contributed by atoms with van der Waals surface area (Å²) in [5.41, 5.74) is 0.348. The minimum Gasteiger partial charge on any atom is -0.357 e. The van der Waals surface area contributed by atoms with Crippen molar-refractivity contribution in [1.29, 1.82) is 0 Å². The highest BCUT2D eigenvalue weighted by molar-refractivity contribution is 5.91. The highest BCUT2D eigenvalue weighted by Gasteiger charge is 2.40. The first-order chi connectivity index (χ1) is 15.4. The molecule has 33 heavy (non-hydrogen) atoms. The molecule has 1 aliphatic heterocycles. The summed E-state index contributed by atoms with van der Waals surface area (Å²) in [7, 11) is 0. The van der Waals surface area contributed by atoms with Crippen molar-refractivity contribution < 1.29 is 22.4 Å². The molecular formula is C26H26F4N2O. The highest BCUT2D eigenvalue weighted by atomic mass is 19.1. The molecule has 0 radical (unpaired) electrons. The Bertz CT molecular complexity index is 1230. The predicted molar refractivity (Wildman–Crippen MR) is 121 cm³/mol. The van der Waals surface area contributed by atoms with Crippen LogP contribution in [-0.4, -0.2) is 33.9 Å². The van der Waals surface area contributed by atoms with E-state index in [4.69, 9.17) is 0 Å². The molecule has 3 aromatic rings. The van der Waals surface area contributed by atoms with Crippen molar-refractivity contribution in [1.82, 2.24) is 9.88 Å². The van der Waals surface area contributed by atoms with Crippen LogP contribution in [0.25, 0.3) is 17.0 Å². The third-order valence-corrected chi connectivity index (χ3v) is 6.02. The maximum absolute atomic E-state index is 15.4. The van der Waals surface area contributed by atoms with E-state index in [0.717, 1.165) is 17.7 Å². The molecule has 0 spiro atoms. The number of allylic oxidation sites excluding steroid dienone is 1. The SMILES string of the molecule is CC(=O)/C=C/c1cc(F)c(C2c3[nH]c4ccc(F)cc4c3CC(C)N2CC(C)(C)F)c(F)c1. The molecule has 0 fully saturated rings. The second kappa shape index (κ2) is 8.45. The monoisotopic (exact) mass is 458 g/mol. The Hall–Kier alpha value is -2.93. The Morgan fingerprint density at radius 3 is 2.45 bits per heavy atom. The molecule has 3 nitrogen and oxygen atoms in total. The maximum atomic E-state index is 15.4. The second-order valence-corrected chi connectivity index (χ2v) is 9.40. The van der Waals surface area contributed by atoms with Crippen LogP contribution in [0.1, 0.15) is 56.1 Å². The Morgan fingerprint density at radius 2 is 1.85 bits per heavy atom. The first kappa shape index (κ1) is 23.2. The van der Waals surface area contributed by atoms with E-state index in [1.54, 1.807) is 11.0 Å². The fourth-order valence-electron chi connectivity index (χ4n) is 4.69. The van der Waals surface area contributed by atoms with E-state index in [2.05, 4.69) is 4.98 Å². The minimum atomic E-state index is -1.61. The quantitative estimate of drug-likeness (QED) is 0.361. The Labute approximate surface area is 190 Å². The lowest BCUT2D eigenvalue weighted by atomic mass is 9.87. The van der Waals surface area contributed by atoms with Gasteiger partial charge in [-0.3, -0.25) is 9.69 Å². The summed E-state index contributed by atoms with van der Waals surface area (Å²) in [6.07, 6.45) is 3.06. The zero-order valence-corrected chi connectivity index (χ0v) is 19.0. The van der Waals surface area contributed by atoms with Crippen molar-refractivity contribution in [3.8, 4) is 0 Å². The van der Waals surface area contributed by atoms with Gasteiger partial charge in [0.25, 0.3) is 0 Å². The summed E-state index contributed by atoms with van der Waals surface area (Å²) in [4.78, 5) is 16.2. The largest absolute Gasteiger partial charge is 0.357 e. The number of rotatable bonds is 5. The minimum absolute atomic E-state index is 0.0487. The molecule has 0 aliphatic carbocycles. The molecule has 1 aromatic heterocycles. The number of ketones is 1. The van der Waals surface area contributed by atoms with Gasteiger partial charge in [-0.15, -0.1) is 0 Å². The van der Waals surface area contributed by atoms with Gasteiger partial charge in [-0.1, -0.05) is 6.08 Å². The number of benzene rings is 2. The second-order valence-electron chi connectivity index (χ2n) is 9.40. The number of halogens is 4. The van der Waals surface area contributed by atoms with Crippen LogP contribution in [-0.2, 0) is 11.2 Å². The maximum Gasteiger partial charge on any atom is 0.152 e. The third kappa shape index (κ3) is 4.60. The first-order valence-electron chi connectivity index (χ1n) is 10.9. The van der Waals surface area contributed by atoms with Crippen LogP contribution >= 0.6 is 0 Å². The lowest BCUT2D eigenvalue weighted by molar-refractivity contribution is -0.112. The molecule has 1 aliphatic rings. The Balaban J connectivity index is 1.93. The summed E-state index contributed by atoms with van der Waals surface area (Å²) in [6, 6.07) is 5.47. The van der Waals surface area contributed by atoms with Gasteiger partial charge in [-0.2, -0.15) is 0 Å². The summed E-state index contributed by atoms with van der Waals surface area (Å²) >= 11 is 0. The van der Waals surface area contributed by atoms with Gasteiger partial charge in [0.05, 0.1) is 6.04 Å². The molecule has 2 atom stereocenters. The molecule has 2 aromatic carbocycles. The molecule has 1 N–H and O–H groups in total. The van der Waals surface area contributed by atoms with Gasteiger partial charge in [0.15, 0.2) is 5.78 Å². The molecule has 2 unspecified atom stereocenters. The molecular weight excluding hydrogens is 432 g/mol. The van der Waals surface area contributed by atoms with E-state index < -0.39 is 29.2 Å². The van der Waals surface area contributed by atoms with Crippen LogP contribution in [0.15, 0.2) is 36.4 Å². The molecule has 2 heterocycles. The van der Waals surface area contributed by atoms with Crippen molar-refractivity contribution in [3.05, 3.63) is 76.2 Å². The molecule has 0 saturated heterocycles. The van der Waals surface area contributed by atoms with Crippen molar-refractivity contribution in [2.24, 2.45) is 0 Å². The van der Waals surface area contributed by atoms with E-state index >= 15 is 8.78 Å². The lowest BCUT2D eigenvalue weighted by Crippen LogP contribution is -2.48. The molecule has 7 heteroatoms. The number of nitrogens with one attached hydrogen (secondary N) is 1. The number of hydrogen-bond donors (Lipinski definition) is 1. The van der Waals surface area contributed by atoms with Gasteiger partial charge in [0, 0.05) is 34.7 Å². The first-order valence-corrected chi connectivity index (χ1v) is 10.9. The standard InChI is InChI=1S/C26H26F4N2O/c1-14-9-19-18-12-17(27)7-8-22(18)31-24(19)25(32(14)13-26(3,4)30)23-20(28)10-16(11-21(23)29)6-5-15(2)33/h5-8,10-12,14,25,31H,9,13H2,1-4H3/b6-5+. The van der Waals surface area contributed by atoms with Crippen LogP contribution in [0.4, 0.5) is 17.6 Å². The van der Waals surface area contributed by atoms with Gasteiger partial charge in [0.2, 0.25) is 0 Å². The highest BCUT2D eigenvalue weighted by Crippen LogP contribution is 2.43. The van der Waals surface area contributed by atoms with E-state index in [-0.39, 0.29) is 29.5 Å². The molecule has 4 rings (SSSR count). The van der Waals surface area contributed by atoms with Crippen LogP contribution in [0, 0.1) is 17.5 Å². The number of fused-ring (bicyclic) bond motifs is 3. The van der Waals surface area contributed by atoms with Crippen LogP contribution < -0.4 is 0 Å². The molecule has 0 saturated carbocycles. The Morgan fingerprint density at radius 1 is 1.18 bits per heavy atom. The normalized spacial score (nSPS) is 19.4. The zero-order chi connectivity index (χ0) is 24.1. The lowest BCUT2D eigenvalue weighted by Gasteiger charge is -2.43. The van der Waals surface area contributed by atoms with Gasteiger partial charge >= 0.3 is 0 Å². The van der Waals surface area contributed by atoms with Crippen molar-refractivity contribution in [3.63, 3.8) is 0 Å². The van der Waals surface area contributed by atoms with Crippen LogP contribution in [0.3, 0.4) is 0 Å². The summed E-state index contributed by atoms with van der Waals surface area (Å²) in [5.74, 6) is -2.24. The summed E-state index contributed by atoms with van der Waals surface area (Å²) in [6.45, 7) is 6.02. The fraction of sp³-hybridized carbons (Fsp3) is 0.346. The average Bonchev–Trinajstić information content (AvgIpc) is 3.04. The summed E-state index contributed by atoms with van der Waals surface area (Å²) in [5, 5.41) is 0.655. The Kier molecular flexibility index (Phi) is 5.95. The van der Waals surface area contributed by atoms with Crippen LogP contribution in [0.5, 0.6) is 0 Å². The number of hydrogen-bond acceptors (Lipinski definition) is 2. The molecule has 174 valence electrons. The van der Waals surface area contributed by atoms with E-state index in [1.807, 2.05) is 6.92 Å². The number of H-pyrrole nitrogens is 1. The predicted octanol–water partition coefficient (Wildman–Crippen LogP) is 6.27. The number of aromatic nitrogens is 1. The molecule has 0 amide bonds. The third-order valence-electron chi connectivity index (χ3n) is 6.02. The number of aromatic amines is 1. The number of nitrogens with zero attached hydrogens (tertiary/aromatic N) is 1. The van der Waals surface area contributed by atoms with Crippen molar-refractivity contribution in [2.75, 3.05) is 6.54 Å². The zero-order valence-electron chi connectivity index (χ0n) is 19.0.